The number of nitrogens with zero attached hydrogens (tertiary/aromatic N) is 1. The molecule has 188 valence electrons. The van der Waals surface area contributed by atoms with Crippen molar-refractivity contribution < 1.29 is 23.8 Å². The summed E-state index contributed by atoms with van der Waals surface area (Å²) in [4.78, 5) is 27.0. The highest BCUT2D eigenvalue weighted by atomic mass is 35.5. The van der Waals surface area contributed by atoms with Crippen molar-refractivity contribution in [2.24, 2.45) is 5.92 Å². The lowest BCUT2D eigenvalue weighted by atomic mass is 10.1. The van der Waals surface area contributed by atoms with E-state index in [1.54, 1.807) is 19.1 Å². The van der Waals surface area contributed by atoms with Crippen LogP contribution in [0.3, 0.4) is 0 Å². The van der Waals surface area contributed by atoms with Gasteiger partial charge >= 0.3 is 0 Å². The van der Waals surface area contributed by atoms with Crippen LogP contribution in [0.5, 0.6) is 17.2 Å². The summed E-state index contributed by atoms with van der Waals surface area (Å²) in [5, 5.41) is 3.61. The molecule has 3 aromatic rings. The first-order valence-corrected chi connectivity index (χ1v) is 12.1. The van der Waals surface area contributed by atoms with Crippen LogP contribution < -0.4 is 24.4 Å². The summed E-state index contributed by atoms with van der Waals surface area (Å²) in [6.07, 6.45) is 0.832. The number of rotatable bonds is 10. The largest absolute Gasteiger partial charge is 0.493 e. The highest BCUT2D eigenvalue weighted by Gasteiger charge is 2.35. The van der Waals surface area contributed by atoms with Crippen LogP contribution >= 0.6 is 11.6 Å². The molecule has 8 heteroatoms. The Kier molecular flexibility index (Phi) is 8.33. The standard InChI is InChI=1S/C28H29ClN2O5/c1-34-25-12-7-19(15-26(25)35-2)13-14-30-28(33)21-16-27(32)31(17-21)22-8-10-23(11-9-22)36-18-20-5-3-4-6-24(20)29/h3-12,15,21H,13-14,16-18H2,1-2H3,(H,30,33)/t21-/m1/s1. The van der Waals surface area contributed by atoms with Crippen LogP contribution in [0.25, 0.3) is 0 Å². The lowest BCUT2D eigenvalue weighted by Gasteiger charge is -2.17. The van der Waals surface area contributed by atoms with E-state index < -0.39 is 0 Å². The maximum Gasteiger partial charge on any atom is 0.227 e. The normalized spacial score (nSPS) is 15.0. The number of carbonyl (C=O) groups excluding carboxylic acids is 2. The van der Waals surface area contributed by atoms with E-state index in [-0.39, 0.29) is 24.2 Å². The molecule has 3 aromatic carbocycles. The van der Waals surface area contributed by atoms with Gasteiger partial charge in [0.2, 0.25) is 11.8 Å². The third kappa shape index (κ3) is 6.10. The Morgan fingerprint density at radius 1 is 1.03 bits per heavy atom. The first-order valence-electron chi connectivity index (χ1n) is 11.7. The fourth-order valence-corrected chi connectivity index (χ4v) is 4.33. The zero-order chi connectivity index (χ0) is 25.5. The second-order valence-electron chi connectivity index (χ2n) is 8.51. The molecule has 0 saturated carbocycles. The van der Waals surface area contributed by atoms with Gasteiger partial charge in [-0.3, -0.25) is 9.59 Å². The van der Waals surface area contributed by atoms with Crippen LogP contribution in [0.2, 0.25) is 5.02 Å². The number of ether oxygens (including phenoxy) is 3. The molecule has 0 aromatic heterocycles. The van der Waals surface area contributed by atoms with E-state index in [1.165, 1.54) is 0 Å². The van der Waals surface area contributed by atoms with Gasteiger partial charge in [0.1, 0.15) is 12.4 Å². The molecule has 1 aliphatic heterocycles. The van der Waals surface area contributed by atoms with Crippen molar-refractivity contribution in [2.45, 2.75) is 19.4 Å². The van der Waals surface area contributed by atoms with E-state index in [9.17, 15) is 9.59 Å². The zero-order valence-corrected chi connectivity index (χ0v) is 21.1. The Morgan fingerprint density at radius 2 is 1.78 bits per heavy atom. The summed E-state index contributed by atoms with van der Waals surface area (Å²) in [6.45, 7) is 1.17. The van der Waals surface area contributed by atoms with Crippen molar-refractivity contribution in [1.82, 2.24) is 5.32 Å². The first-order chi connectivity index (χ1) is 17.5. The molecule has 0 spiro atoms. The fraction of sp³-hybridized carbons (Fsp3) is 0.286. The Labute approximate surface area is 215 Å². The summed E-state index contributed by atoms with van der Waals surface area (Å²) in [5.74, 6) is 1.41. The number of carbonyl (C=O) groups is 2. The molecular formula is C28H29ClN2O5. The van der Waals surface area contributed by atoms with E-state index in [2.05, 4.69) is 5.32 Å². The van der Waals surface area contributed by atoms with Gasteiger partial charge in [-0.15, -0.1) is 0 Å². The average molecular weight is 509 g/mol. The number of methoxy groups -OCH3 is 2. The van der Waals surface area contributed by atoms with Gasteiger partial charge in [0, 0.05) is 35.8 Å². The number of hydrogen-bond acceptors (Lipinski definition) is 5. The predicted molar refractivity (Wildman–Crippen MR) is 139 cm³/mol. The topological polar surface area (TPSA) is 77.1 Å². The van der Waals surface area contributed by atoms with Crippen molar-refractivity contribution in [3.05, 3.63) is 82.9 Å². The van der Waals surface area contributed by atoms with Gasteiger partial charge in [0.25, 0.3) is 0 Å². The van der Waals surface area contributed by atoms with E-state index in [0.717, 1.165) is 16.8 Å². The van der Waals surface area contributed by atoms with Crippen LogP contribution in [0.15, 0.2) is 66.7 Å². The molecule has 36 heavy (non-hydrogen) atoms. The van der Waals surface area contributed by atoms with Crippen LogP contribution in [0, 0.1) is 5.92 Å². The Bertz CT molecular complexity index is 1210. The average Bonchev–Trinajstić information content (AvgIpc) is 3.30. The first kappa shape index (κ1) is 25.4. The van der Waals surface area contributed by atoms with Crippen LogP contribution in [-0.2, 0) is 22.6 Å². The monoisotopic (exact) mass is 508 g/mol. The molecule has 4 rings (SSSR count). The molecular weight excluding hydrogens is 480 g/mol. The third-order valence-electron chi connectivity index (χ3n) is 6.16. The maximum atomic E-state index is 12.7. The van der Waals surface area contributed by atoms with Gasteiger partial charge in [0.15, 0.2) is 11.5 Å². The zero-order valence-electron chi connectivity index (χ0n) is 20.3. The summed E-state index contributed by atoms with van der Waals surface area (Å²) in [6, 6.07) is 20.5. The third-order valence-corrected chi connectivity index (χ3v) is 6.53. The molecule has 1 aliphatic rings. The summed E-state index contributed by atoms with van der Waals surface area (Å²) >= 11 is 6.18. The summed E-state index contributed by atoms with van der Waals surface area (Å²) in [5.41, 5.74) is 2.66. The smallest absolute Gasteiger partial charge is 0.227 e. The van der Waals surface area contributed by atoms with E-state index >= 15 is 0 Å². The van der Waals surface area contributed by atoms with Crippen molar-refractivity contribution in [3.8, 4) is 17.2 Å². The van der Waals surface area contributed by atoms with Gasteiger partial charge in [-0.05, 0) is 54.4 Å². The Morgan fingerprint density at radius 3 is 2.50 bits per heavy atom. The van der Waals surface area contributed by atoms with Gasteiger partial charge in [-0.25, -0.2) is 0 Å². The second-order valence-corrected chi connectivity index (χ2v) is 8.92. The van der Waals surface area contributed by atoms with E-state index in [4.69, 9.17) is 25.8 Å². The predicted octanol–water partition coefficient (Wildman–Crippen LogP) is 4.65. The quantitative estimate of drug-likeness (QED) is 0.431. The summed E-state index contributed by atoms with van der Waals surface area (Å²) in [7, 11) is 3.18. The molecule has 1 saturated heterocycles. The number of amides is 2. The molecule has 1 heterocycles. The van der Waals surface area contributed by atoms with Crippen LogP contribution in [0.1, 0.15) is 17.5 Å². The van der Waals surface area contributed by atoms with Crippen molar-refractivity contribution in [2.75, 3.05) is 32.2 Å². The molecule has 1 N–H and O–H groups in total. The van der Waals surface area contributed by atoms with Gasteiger partial charge < -0.3 is 24.4 Å². The Hall–Kier alpha value is -3.71. The van der Waals surface area contributed by atoms with Crippen molar-refractivity contribution in [1.29, 1.82) is 0 Å². The highest BCUT2D eigenvalue weighted by Crippen LogP contribution is 2.29. The van der Waals surface area contributed by atoms with Gasteiger partial charge in [-0.1, -0.05) is 35.9 Å². The number of benzene rings is 3. The Balaban J connectivity index is 1.27. The lowest BCUT2D eigenvalue weighted by Crippen LogP contribution is -2.34. The SMILES string of the molecule is COc1ccc(CCNC(=O)[C@@H]2CC(=O)N(c3ccc(OCc4ccccc4Cl)cc3)C2)cc1OC. The molecule has 2 amide bonds. The number of nitrogens with one attached hydrogen (secondary N) is 1. The van der Waals surface area contributed by atoms with Crippen LogP contribution in [-0.4, -0.2) is 39.1 Å². The fourth-order valence-electron chi connectivity index (χ4n) is 4.14. The van der Waals surface area contributed by atoms with E-state index in [1.807, 2.05) is 66.7 Å². The number of hydrogen-bond donors (Lipinski definition) is 1. The van der Waals surface area contributed by atoms with Gasteiger partial charge in [0.05, 0.1) is 20.1 Å². The molecule has 0 bridgehead atoms. The van der Waals surface area contributed by atoms with Crippen molar-refractivity contribution in [3.63, 3.8) is 0 Å². The maximum absolute atomic E-state index is 12.7. The molecule has 1 atom stereocenters. The summed E-state index contributed by atoms with van der Waals surface area (Å²) < 4.78 is 16.4. The lowest BCUT2D eigenvalue weighted by molar-refractivity contribution is -0.126. The minimum absolute atomic E-state index is 0.0697. The highest BCUT2D eigenvalue weighted by molar-refractivity contribution is 6.31. The molecule has 0 unspecified atom stereocenters. The van der Waals surface area contributed by atoms with E-state index in [0.29, 0.717) is 48.4 Å². The molecule has 1 fully saturated rings. The molecule has 7 nitrogen and oxygen atoms in total. The minimum atomic E-state index is -0.390. The number of halogens is 1. The molecule has 0 aliphatic carbocycles. The number of anilines is 1. The second kappa shape index (κ2) is 11.8. The minimum Gasteiger partial charge on any atom is -0.493 e. The van der Waals surface area contributed by atoms with Crippen molar-refractivity contribution >= 4 is 29.1 Å². The molecule has 0 radical (unpaired) electrons. The van der Waals surface area contributed by atoms with Gasteiger partial charge in [-0.2, -0.15) is 0 Å². The van der Waals surface area contributed by atoms with Crippen LogP contribution in [0.4, 0.5) is 5.69 Å².